The van der Waals surface area contributed by atoms with Gasteiger partial charge in [-0.15, -0.1) is 11.3 Å². The highest BCUT2D eigenvalue weighted by Gasteiger charge is 2.12. The van der Waals surface area contributed by atoms with Crippen molar-refractivity contribution in [2.24, 2.45) is 0 Å². The zero-order valence-corrected chi connectivity index (χ0v) is 10.4. The Labute approximate surface area is 105 Å². The number of hydrogen-bond donors (Lipinski definition) is 2. The maximum absolute atomic E-state index is 4.26. The highest BCUT2D eigenvalue weighted by molar-refractivity contribution is 7.09. The van der Waals surface area contributed by atoms with Crippen molar-refractivity contribution < 1.29 is 0 Å². The number of aromatic nitrogens is 1. The van der Waals surface area contributed by atoms with E-state index in [0.717, 1.165) is 31.1 Å². The van der Waals surface area contributed by atoms with Crippen molar-refractivity contribution in [1.82, 2.24) is 10.3 Å². The van der Waals surface area contributed by atoms with E-state index >= 15 is 0 Å². The summed E-state index contributed by atoms with van der Waals surface area (Å²) in [4.78, 5) is 4.26. The summed E-state index contributed by atoms with van der Waals surface area (Å²) in [6, 6.07) is 6.54. The molecule has 0 saturated heterocycles. The molecule has 0 unspecified atom stereocenters. The van der Waals surface area contributed by atoms with Crippen molar-refractivity contribution in [3.63, 3.8) is 0 Å². The van der Waals surface area contributed by atoms with E-state index in [4.69, 9.17) is 0 Å². The van der Waals surface area contributed by atoms with Crippen LogP contribution in [0.4, 0.5) is 5.69 Å². The van der Waals surface area contributed by atoms with Crippen molar-refractivity contribution in [2.75, 3.05) is 11.9 Å². The first-order chi connectivity index (χ1) is 8.43. The maximum atomic E-state index is 4.26. The average molecular weight is 245 g/mol. The number of nitrogens with zero attached hydrogens (tertiary/aromatic N) is 1. The van der Waals surface area contributed by atoms with Gasteiger partial charge in [-0.2, -0.15) is 0 Å². The van der Waals surface area contributed by atoms with Gasteiger partial charge in [0.15, 0.2) is 0 Å². The monoisotopic (exact) mass is 245 g/mol. The first-order valence-corrected chi connectivity index (χ1v) is 6.75. The van der Waals surface area contributed by atoms with Crippen molar-refractivity contribution in [3.05, 3.63) is 45.9 Å². The summed E-state index contributed by atoms with van der Waals surface area (Å²) < 4.78 is 0. The Hall–Kier alpha value is -1.39. The number of fused-ring (bicyclic) bond motifs is 1. The van der Waals surface area contributed by atoms with Crippen molar-refractivity contribution in [1.29, 1.82) is 0 Å². The minimum atomic E-state index is 0.849. The molecular formula is C13H15N3S. The third kappa shape index (κ3) is 2.33. The molecule has 1 aliphatic heterocycles. The lowest BCUT2D eigenvalue weighted by Gasteiger charge is -2.09. The molecule has 0 aliphatic carbocycles. The van der Waals surface area contributed by atoms with Gasteiger partial charge < -0.3 is 10.6 Å². The van der Waals surface area contributed by atoms with Gasteiger partial charge in [0.1, 0.15) is 5.01 Å². The lowest BCUT2D eigenvalue weighted by atomic mass is 10.1. The summed E-state index contributed by atoms with van der Waals surface area (Å²) in [5, 5.41) is 10.1. The molecular weight excluding hydrogens is 230 g/mol. The summed E-state index contributed by atoms with van der Waals surface area (Å²) >= 11 is 1.69. The highest BCUT2D eigenvalue weighted by Crippen LogP contribution is 2.26. The van der Waals surface area contributed by atoms with Crippen LogP contribution in [0.3, 0.4) is 0 Å². The standard InChI is InChI=1S/C13H15N3S/c1-2-10-4-5-16-13(10)11(3-1)8-14-9-12-15-6-7-17-12/h1-3,6-7,14,16H,4-5,8-9H2. The molecule has 0 radical (unpaired) electrons. The molecule has 2 aromatic rings. The summed E-state index contributed by atoms with van der Waals surface area (Å²) in [5.74, 6) is 0. The van der Waals surface area contributed by atoms with Crippen molar-refractivity contribution in [3.8, 4) is 0 Å². The third-order valence-electron chi connectivity index (χ3n) is 3.01. The zero-order chi connectivity index (χ0) is 11.5. The second-order valence-electron chi connectivity index (χ2n) is 4.16. The van der Waals surface area contributed by atoms with Crippen LogP contribution in [-0.4, -0.2) is 11.5 Å². The number of nitrogens with one attached hydrogen (secondary N) is 2. The summed E-state index contributed by atoms with van der Waals surface area (Å²) in [6.45, 7) is 2.82. The second-order valence-corrected chi connectivity index (χ2v) is 5.14. The van der Waals surface area contributed by atoms with E-state index in [0.29, 0.717) is 0 Å². The Kier molecular flexibility index (Phi) is 3.07. The van der Waals surface area contributed by atoms with Gasteiger partial charge in [-0.05, 0) is 17.5 Å². The van der Waals surface area contributed by atoms with E-state index in [-0.39, 0.29) is 0 Å². The Morgan fingerprint density at radius 1 is 1.35 bits per heavy atom. The largest absolute Gasteiger partial charge is 0.384 e. The molecule has 88 valence electrons. The maximum Gasteiger partial charge on any atom is 0.106 e. The second kappa shape index (κ2) is 4.85. The highest BCUT2D eigenvalue weighted by atomic mass is 32.1. The van der Waals surface area contributed by atoms with Crippen LogP contribution in [0.1, 0.15) is 16.1 Å². The molecule has 2 N–H and O–H groups in total. The molecule has 0 atom stereocenters. The topological polar surface area (TPSA) is 37.0 Å². The summed E-state index contributed by atoms with van der Waals surface area (Å²) in [6.07, 6.45) is 3.00. The fourth-order valence-electron chi connectivity index (χ4n) is 2.20. The summed E-state index contributed by atoms with van der Waals surface area (Å²) in [5.41, 5.74) is 4.13. The molecule has 0 bridgehead atoms. The molecule has 1 aromatic heterocycles. The van der Waals surface area contributed by atoms with Gasteiger partial charge in [-0.3, -0.25) is 0 Å². The number of benzene rings is 1. The number of rotatable bonds is 4. The van der Waals surface area contributed by atoms with E-state index in [1.54, 1.807) is 11.3 Å². The Morgan fingerprint density at radius 2 is 2.35 bits per heavy atom. The van der Waals surface area contributed by atoms with Gasteiger partial charge in [0, 0.05) is 36.9 Å². The quantitative estimate of drug-likeness (QED) is 0.868. The van der Waals surface area contributed by atoms with Crippen LogP contribution >= 0.6 is 11.3 Å². The molecule has 0 spiro atoms. The van der Waals surface area contributed by atoms with Crippen molar-refractivity contribution in [2.45, 2.75) is 19.5 Å². The Balaban J connectivity index is 1.64. The van der Waals surface area contributed by atoms with Gasteiger partial charge in [0.25, 0.3) is 0 Å². The van der Waals surface area contributed by atoms with E-state index in [1.807, 2.05) is 11.6 Å². The number of anilines is 1. The molecule has 3 rings (SSSR count). The van der Waals surface area contributed by atoms with Crippen LogP contribution in [0, 0.1) is 0 Å². The van der Waals surface area contributed by atoms with Crippen LogP contribution in [0.2, 0.25) is 0 Å². The van der Waals surface area contributed by atoms with Crippen LogP contribution in [0.15, 0.2) is 29.8 Å². The van der Waals surface area contributed by atoms with Crippen molar-refractivity contribution >= 4 is 17.0 Å². The van der Waals surface area contributed by atoms with E-state index in [2.05, 4.69) is 33.8 Å². The Bertz CT molecular complexity index is 493. The third-order valence-corrected chi connectivity index (χ3v) is 3.79. The lowest BCUT2D eigenvalue weighted by Crippen LogP contribution is -2.13. The fraction of sp³-hybridized carbons (Fsp3) is 0.308. The van der Waals surface area contributed by atoms with Crippen LogP contribution in [-0.2, 0) is 19.5 Å². The molecule has 0 saturated carbocycles. The smallest absolute Gasteiger partial charge is 0.106 e. The molecule has 1 aromatic carbocycles. The van der Waals surface area contributed by atoms with Crippen LogP contribution in [0.5, 0.6) is 0 Å². The number of thiazole rings is 1. The zero-order valence-electron chi connectivity index (χ0n) is 9.57. The van der Waals surface area contributed by atoms with E-state index in [1.165, 1.54) is 16.8 Å². The predicted octanol–water partition coefficient (Wildman–Crippen LogP) is 2.40. The number of para-hydroxylation sites is 1. The van der Waals surface area contributed by atoms with E-state index < -0.39 is 0 Å². The molecule has 0 amide bonds. The fourth-order valence-corrected chi connectivity index (χ4v) is 2.79. The summed E-state index contributed by atoms with van der Waals surface area (Å²) in [7, 11) is 0. The molecule has 1 aliphatic rings. The molecule has 4 heteroatoms. The van der Waals surface area contributed by atoms with Crippen LogP contribution in [0.25, 0.3) is 0 Å². The minimum Gasteiger partial charge on any atom is -0.384 e. The van der Waals surface area contributed by atoms with Gasteiger partial charge in [0.05, 0.1) is 0 Å². The van der Waals surface area contributed by atoms with Crippen LogP contribution < -0.4 is 10.6 Å². The lowest BCUT2D eigenvalue weighted by molar-refractivity contribution is 0.691. The predicted molar refractivity (Wildman–Crippen MR) is 71.3 cm³/mol. The van der Waals surface area contributed by atoms with E-state index in [9.17, 15) is 0 Å². The molecule has 3 nitrogen and oxygen atoms in total. The van der Waals surface area contributed by atoms with Gasteiger partial charge in [-0.25, -0.2) is 4.98 Å². The molecule has 17 heavy (non-hydrogen) atoms. The molecule has 2 heterocycles. The first-order valence-electron chi connectivity index (χ1n) is 5.87. The van der Waals surface area contributed by atoms with Gasteiger partial charge in [0.2, 0.25) is 0 Å². The van der Waals surface area contributed by atoms with Gasteiger partial charge in [-0.1, -0.05) is 18.2 Å². The minimum absolute atomic E-state index is 0.849. The first kappa shape index (κ1) is 10.7. The average Bonchev–Trinajstić information content (AvgIpc) is 2.99. The number of hydrogen-bond acceptors (Lipinski definition) is 4. The van der Waals surface area contributed by atoms with Gasteiger partial charge >= 0.3 is 0 Å². The Morgan fingerprint density at radius 3 is 3.24 bits per heavy atom. The molecule has 0 fully saturated rings. The SMILES string of the molecule is c1cc2c(c(CNCc3nccs3)c1)NCC2. The normalized spacial score (nSPS) is 13.4.